The highest BCUT2D eigenvalue weighted by Crippen LogP contribution is 2.46. The second-order valence-corrected chi connectivity index (χ2v) is 4.43. The standard InChI is InChI=1S/C12H16ClNO3/c1-16-9-5-8(7-3-4-14-6-7)11(15)10(13)12(9)17-2/h5,7,14-15H,3-4,6H2,1-2H3. The first-order valence-electron chi connectivity index (χ1n) is 5.53. The van der Waals surface area contributed by atoms with Gasteiger partial charge in [-0.25, -0.2) is 0 Å². The summed E-state index contributed by atoms with van der Waals surface area (Å²) in [5.41, 5.74) is 0.817. The largest absolute Gasteiger partial charge is 0.506 e. The molecule has 0 saturated carbocycles. The number of methoxy groups -OCH3 is 2. The molecule has 4 nitrogen and oxygen atoms in total. The molecule has 0 radical (unpaired) electrons. The number of ether oxygens (including phenoxy) is 2. The van der Waals surface area contributed by atoms with Crippen molar-refractivity contribution in [3.63, 3.8) is 0 Å². The Morgan fingerprint density at radius 2 is 2.18 bits per heavy atom. The van der Waals surface area contributed by atoms with Gasteiger partial charge in [-0.05, 0) is 19.0 Å². The van der Waals surface area contributed by atoms with Crippen molar-refractivity contribution in [3.05, 3.63) is 16.7 Å². The van der Waals surface area contributed by atoms with Gasteiger partial charge in [0.15, 0.2) is 11.5 Å². The third kappa shape index (κ3) is 2.15. The average molecular weight is 258 g/mol. The van der Waals surface area contributed by atoms with Gasteiger partial charge in [0.05, 0.1) is 14.2 Å². The van der Waals surface area contributed by atoms with E-state index in [-0.39, 0.29) is 16.7 Å². The third-order valence-corrected chi connectivity index (χ3v) is 3.47. The summed E-state index contributed by atoms with van der Waals surface area (Å²) in [6, 6.07) is 1.80. The van der Waals surface area contributed by atoms with Crippen LogP contribution in [0.25, 0.3) is 0 Å². The van der Waals surface area contributed by atoms with E-state index in [2.05, 4.69) is 5.32 Å². The lowest BCUT2D eigenvalue weighted by atomic mass is 9.97. The molecule has 0 spiro atoms. The molecule has 1 aromatic carbocycles. The first-order chi connectivity index (χ1) is 8.19. The maximum atomic E-state index is 10.1. The molecule has 0 aliphatic carbocycles. The van der Waals surface area contributed by atoms with Crippen LogP contribution >= 0.6 is 11.6 Å². The predicted octanol–water partition coefficient (Wildman–Crippen LogP) is 2.14. The Kier molecular flexibility index (Phi) is 3.64. The summed E-state index contributed by atoms with van der Waals surface area (Å²) in [5, 5.41) is 13.6. The quantitative estimate of drug-likeness (QED) is 0.871. The fourth-order valence-electron chi connectivity index (χ4n) is 2.19. The topological polar surface area (TPSA) is 50.7 Å². The second kappa shape index (κ2) is 5.02. The summed E-state index contributed by atoms with van der Waals surface area (Å²) in [7, 11) is 3.06. The van der Waals surface area contributed by atoms with Crippen molar-refractivity contribution < 1.29 is 14.6 Å². The number of nitrogens with one attached hydrogen (secondary N) is 1. The van der Waals surface area contributed by atoms with Gasteiger partial charge in [0.2, 0.25) is 0 Å². The summed E-state index contributed by atoms with van der Waals surface area (Å²) in [6.07, 6.45) is 0.985. The molecule has 94 valence electrons. The molecule has 2 N–H and O–H groups in total. The van der Waals surface area contributed by atoms with Gasteiger partial charge in [-0.3, -0.25) is 0 Å². The molecule has 2 rings (SSSR count). The van der Waals surface area contributed by atoms with Gasteiger partial charge in [0.1, 0.15) is 10.8 Å². The van der Waals surface area contributed by atoms with E-state index in [4.69, 9.17) is 21.1 Å². The molecule has 17 heavy (non-hydrogen) atoms. The van der Waals surface area contributed by atoms with E-state index in [0.717, 1.165) is 25.1 Å². The Labute approximate surface area is 105 Å². The summed E-state index contributed by atoms with van der Waals surface area (Å²) in [5.74, 6) is 1.30. The SMILES string of the molecule is COc1cc(C2CCNC2)c(O)c(Cl)c1OC. The highest BCUT2D eigenvalue weighted by atomic mass is 35.5. The zero-order valence-electron chi connectivity index (χ0n) is 9.92. The van der Waals surface area contributed by atoms with Gasteiger partial charge < -0.3 is 19.9 Å². The lowest BCUT2D eigenvalue weighted by Gasteiger charge is -2.17. The zero-order valence-corrected chi connectivity index (χ0v) is 10.7. The number of benzene rings is 1. The molecular weight excluding hydrogens is 242 g/mol. The number of hydrogen-bond acceptors (Lipinski definition) is 4. The van der Waals surface area contributed by atoms with E-state index >= 15 is 0 Å². The number of rotatable bonds is 3. The predicted molar refractivity (Wildman–Crippen MR) is 66.4 cm³/mol. The summed E-state index contributed by atoms with van der Waals surface area (Å²) in [6.45, 7) is 1.80. The lowest BCUT2D eigenvalue weighted by Crippen LogP contribution is -2.08. The molecule has 0 aromatic heterocycles. The maximum Gasteiger partial charge on any atom is 0.183 e. The Bertz CT molecular complexity index is 417. The average Bonchev–Trinajstić information content (AvgIpc) is 2.85. The van der Waals surface area contributed by atoms with Crippen molar-refractivity contribution >= 4 is 11.6 Å². The highest BCUT2D eigenvalue weighted by Gasteiger charge is 2.25. The number of halogens is 1. The van der Waals surface area contributed by atoms with Gasteiger partial charge in [-0.15, -0.1) is 0 Å². The molecule has 1 unspecified atom stereocenters. The van der Waals surface area contributed by atoms with Crippen molar-refractivity contribution in [2.45, 2.75) is 12.3 Å². The molecular formula is C12H16ClNO3. The molecule has 1 atom stereocenters. The van der Waals surface area contributed by atoms with E-state index in [1.54, 1.807) is 13.2 Å². The monoisotopic (exact) mass is 257 g/mol. The molecule has 1 aliphatic heterocycles. The van der Waals surface area contributed by atoms with Crippen LogP contribution in [0.2, 0.25) is 5.02 Å². The van der Waals surface area contributed by atoms with Crippen LogP contribution in [0.5, 0.6) is 17.2 Å². The van der Waals surface area contributed by atoms with E-state index in [9.17, 15) is 5.11 Å². The fraction of sp³-hybridized carbons (Fsp3) is 0.500. The van der Waals surface area contributed by atoms with Crippen molar-refractivity contribution in [3.8, 4) is 17.2 Å². The van der Waals surface area contributed by atoms with Gasteiger partial charge in [-0.1, -0.05) is 11.6 Å². The van der Waals surface area contributed by atoms with Gasteiger partial charge in [-0.2, -0.15) is 0 Å². The van der Waals surface area contributed by atoms with Crippen molar-refractivity contribution in [2.75, 3.05) is 27.3 Å². The van der Waals surface area contributed by atoms with Crippen LogP contribution in [0, 0.1) is 0 Å². The Hall–Kier alpha value is -1.13. The van der Waals surface area contributed by atoms with Crippen LogP contribution < -0.4 is 14.8 Å². The third-order valence-electron chi connectivity index (χ3n) is 3.12. The maximum absolute atomic E-state index is 10.1. The van der Waals surface area contributed by atoms with Gasteiger partial charge >= 0.3 is 0 Å². The minimum Gasteiger partial charge on any atom is -0.506 e. The van der Waals surface area contributed by atoms with Crippen LogP contribution in [0.15, 0.2) is 6.07 Å². The molecule has 0 bridgehead atoms. The summed E-state index contributed by atoms with van der Waals surface area (Å²) in [4.78, 5) is 0. The minimum atomic E-state index is 0.0954. The molecule has 1 heterocycles. The zero-order chi connectivity index (χ0) is 12.4. The molecule has 1 aromatic rings. The van der Waals surface area contributed by atoms with Gasteiger partial charge in [0.25, 0.3) is 0 Å². The van der Waals surface area contributed by atoms with Crippen LogP contribution in [-0.2, 0) is 0 Å². The Balaban J connectivity index is 2.49. The molecule has 1 fully saturated rings. The first kappa shape index (κ1) is 12.3. The second-order valence-electron chi connectivity index (χ2n) is 4.05. The fourth-order valence-corrected chi connectivity index (χ4v) is 2.47. The number of phenols is 1. The first-order valence-corrected chi connectivity index (χ1v) is 5.90. The van der Waals surface area contributed by atoms with Crippen LogP contribution in [0.1, 0.15) is 17.9 Å². The number of hydrogen-bond donors (Lipinski definition) is 2. The van der Waals surface area contributed by atoms with Crippen LogP contribution in [0.3, 0.4) is 0 Å². The Morgan fingerprint density at radius 3 is 2.71 bits per heavy atom. The number of aromatic hydroxyl groups is 1. The van der Waals surface area contributed by atoms with E-state index in [1.807, 2.05) is 0 Å². The van der Waals surface area contributed by atoms with E-state index < -0.39 is 0 Å². The van der Waals surface area contributed by atoms with E-state index in [1.165, 1.54) is 7.11 Å². The lowest BCUT2D eigenvalue weighted by molar-refractivity contribution is 0.350. The molecule has 1 saturated heterocycles. The summed E-state index contributed by atoms with van der Waals surface area (Å²) >= 11 is 6.09. The highest BCUT2D eigenvalue weighted by molar-refractivity contribution is 6.33. The molecule has 5 heteroatoms. The molecule has 1 aliphatic rings. The van der Waals surface area contributed by atoms with Crippen molar-refractivity contribution in [1.29, 1.82) is 0 Å². The normalized spacial score (nSPS) is 19.4. The van der Waals surface area contributed by atoms with Crippen molar-refractivity contribution in [1.82, 2.24) is 5.32 Å². The smallest absolute Gasteiger partial charge is 0.183 e. The summed E-state index contributed by atoms with van der Waals surface area (Å²) < 4.78 is 10.4. The van der Waals surface area contributed by atoms with Crippen LogP contribution in [-0.4, -0.2) is 32.4 Å². The minimum absolute atomic E-state index is 0.0954. The van der Waals surface area contributed by atoms with E-state index in [0.29, 0.717) is 11.5 Å². The van der Waals surface area contributed by atoms with Crippen molar-refractivity contribution in [2.24, 2.45) is 0 Å². The molecule has 0 amide bonds. The Morgan fingerprint density at radius 1 is 1.41 bits per heavy atom. The number of phenolic OH excluding ortho intramolecular Hbond substituents is 1. The van der Waals surface area contributed by atoms with Crippen LogP contribution in [0.4, 0.5) is 0 Å². The van der Waals surface area contributed by atoms with Gasteiger partial charge in [0, 0.05) is 18.0 Å².